The summed E-state index contributed by atoms with van der Waals surface area (Å²) < 4.78 is 0. The molecule has 55 heavy (non-hydrogen) atoms. The van der Waals surface area contributed by atoms with Crippen LogP contribution in [0.1, 0.15) is 25.0 Å². The summed E-state index contributed by atoms with van der Waals surface area (Å²) in [5.41, 5.74) is 14.6. The number of hydrogen-bond donors (Lipinski definition) is 0. The van der Waals surface area contributed by atoms with Gasteiger partial charge in [-0.25, -0.2) is 9.97 Å². The lowest BCUT2D eigenvalue weighted by Gasteiger charge is -2.22. The molecule has 1 aliphatic carbocycles. The smallest absolute Gasteiger partial charge is 0.160 e. The van der Waals surface area contributed by atoms with E-state index in [1.807, 2.05) is 12.3 Å². The van der Waals surface area contributed by atoms with E-state index in [0.717, 1.165) is 39.2 Å². The number of fused-ring (bicyclic) bond motifs is 3. The normalized spacial score (nSPS) is 13.1. The Morgan fingerprint density at radius 1 is 0.400 bits per heavy atom. The van der Waals surface area contributed by atoms with E-state index in [2.05, 4.69) is 177 Å². The van der Waals surface area contributed by atoms with Crippen LogP contribution in [-0.2, 0) is 5.41 Å². The zero-order valence-corrected chi connectivity index (χ0v) is 30.6. The molecule has 0 spiro atoms. The Hall–Kier alpha value is -6.97. The number of rotatable bonds is 5. The van der Waals surface area contributed by atoms with E-state index in [1.165, 1.54) is 65.7 Å². The van der Waals surface area contributed by atoms with Crippen LogP contribution in [-0.4, -0.2) is 15.0 Å². The summed E-state index contributed by atoms with van der Waals surface area (Å²) in [5.74, 6) is 0.692. The average molecular weight is 702 g/mol. The lowest BCUT2D eigenvalue weighted by Crippen LogP contribution is -2.14. The first-order chi connectivity index (χ1) is 27.0. The average Bonchev–Trinajstić information content (AvgIpc) is 3.48. The summed E-state index contributed by atoms with van der Waals surface area (Å²) in [6.07, 6.45) is 3.70. The van der Waals surface area contributed by atoms with Crippen LogP contribution < -0.4 is 0 Å². The Labute approximate surface area is 320 Å². The molecule has 8 aromatic carbocycles. The first kappa shape index (κ1) is 31.5. The number of benzene rings is 8. The maximum absolute atomic E-state index is 5.27. The van der Waals surface area contributed by atoms with Gasteiger partial charge in [-0.15, -0.1) is 0 Å². The highest BCUT2D eigenvalue weighted by Gasteiger charge is 2.35. The minimum absolute atomic E-state index is 0.111. The number of aromatic nitrogens is 3. The molecule has 10 aromatic rings. The van der Waals surface area contributed by atoms with Crippen molar-refractivity contribution in [3.8, 4) is 67.3 Å². The van der Waals surface area contributed by atoms with Gasteiger partial charge in [-0.1, -0.05) is 153 Å². The molecular weight excluding hydrogens is 667 g/mol. The van der Waals surface area contributed by atoms with E-state index < -0.39 is 0 Å². The van der Waals surface area contributed by atoms with E-state index in [1.54, 1.807) is 6.20 Å². The Kier molecular flexibility index (Phi) is 6.90. The summed E-state index contributed by atoms with van der Waals surface area (Å²) in [6.45, 7) is 4.65. The van der Waals surface area contributed by atoms with Crippen molar-refractivity contribution in [2.75, 3.05) is 0 Å². The fourth-order valence-electron chi connectivity index (χ4n) is 8.91. The van der Waals surface area contributed by atoms with Gasteiger partial charge in [0.15, 0.2) is 5.82 Å². The third-order valence-corrected chi connectivity index (χ3v) is 11.7. The van der Waals surface area contributed by atoms with Crippen LogP contribution in [0.4, 0.5) is 0 Å². The van der Waals surface area contributed by atoms with Crippen molar-refractivity contribution >= 4 is 32.3 Å². The third kappa shape index (κ3) is 5.01. The van der Waals surface area contributed by atoms with Gasteiger partial charge in [0.05, 0.1) is 11.4 Å². The van der Waals surface area contributed by atoms with Crippen LogP contribution in [0, 0.1) is 0 Å². The lowest BCUT2D eigenvalue weighted by molar-refractivity contribution is 0.660. The predicted molar refractivity (Wildman–Crippen MR) is 228 cm³/mol. The minimum Gasteiger partial charge on any atom is -0.264 e. The highest BCUT2D eigenvalue weighted by molar-refractivity contribution is 6.25. The molecule has 0 saturated heterocycles. The van der Waals surface area contributed by atoms with Crippen molar-refractivity contribution in [3.05, 3.63) is 187 Å². The van der Waals surface area contributed by atoms with E-state index in [-0.39, 0.29) is 5.41 Å². The molecule has 0 amide bonds. The standard InChI is InChI=1S/C52H35N3/c1-52(2)45-14-4-3-13-42(45)43-25-23-38(29-46(43)52)48-30-47(54-51(55-48)39-11-6-10-37(28-39)40-12-7-27-53-31-40)33-17-15-32(16-18-33)41-24-21-36-20-19-34-8-5-9-35-22-26-44(41)50(36)49(34)35/h3-31H,1-2H3. The highest BCUT2D eigenvalue weighted by atomic mass is 14.9. The Morgan fingerprint density at radius 3 is 1.85 bits per heavy atom. The van der Waals surface area contributed by atoms with Crippen molar-refractivity contribution in [2.24, 2.45) is 0 Å². The molecule has 0 unspecified atom stereocenters. The first-order valence-electron chi connectivity index (χ1n) is 18.9. The van der Waals surface area contributed by atoms with E-state index in [0.29, 0.717) is 5.82 Å². The predicted octanol–water partition coefficient (Wildman–Crippen LogP) is 13.4. The van der Waals surface area contributed by atoms with Gasteiger partial charge in [-0.3, -0.25) is 4.98 Å². The fraction of sp³-hybridized carbons (Fsp3) is 0.0577. The van der Waals surface area contributed by atoms with Crippen LogP contribution in [0.25, 0.3) is 99.6 Å². The molecule has 3 nitrogen and oxygen atoms in total. The van der Waals surface area contributed by atoms with Crippen LogP contribution in [0.5, 0.6) is 0 Å². The van der Waals surface area contributed by atoms with Gasteiger partial charge in [-0.05, 0) is 95.5 Å². The van der Waals surface area contributed by atoms with E-state index in [4.69, 9.17) is 9.97 Å². The molecule has 0 aliphatic heterocycles. The highest BCUT2D eigenvalue weighted by Crippen LogP contribution is 2.49. The van der Waals surface area contributed by atoms with Crippen molar-refractivity contribution in [2.45, 2.75) is 19.3 Å². The zero-order valence-electron chi connectivity index (χ0n) is 30.6. The van der Waals surface area contributed by atoms with Crippen LogP contribution in [0.15, 0.2) is 176 Å². The maximum Gasteiger partial charge on any atom is 0.160 e. The summed E-state index contributed by atoms with van der Waals surface area (Å²) in [5, 5.41) is 7.77. The fourth-order valence-corrected chi connectivity index (χ4v) is 8.91. The third-order valence-electron chi connectivity index (χ3n) is 11.7. The van der Waals surface area contributed by atoms with Gasteiger partial charge in [0.1, 0.15) is 0 Å². The molecule has 0 atom stereocenters. The molecule has 0 saturated carbocycles. The molecule has 11 rings (SSSR count). The van der Waals surface area contributed by atoms with Gasteiger partial charge in [0.25, 0.3) is 0 Å². The first-order valence-corrected chi connectivity index (χ1v) is 18.9. The van der Waals surface area contributed by atoms with Crippen molar-refractivity contribution in [1.29, 1.82) is 0 Å². The van der Waals surface area contributed by atoms with Gasteiger partial charge < -0.3 is 0 Å². The topological polar surface area (TPSA) is 38.7 Å². The monoisotopic (exact) mass is 701 g/mol. The summed E-state index contributed by atoms with van der Waals surface area (Å²) in [6, 6.07) is 59.3. The molecule has 0 fully saturated rings. The van der Waals surface area contributed by atoms with Gasteiger partial charge in [0, 0.05) is 40.1 Å². The SMILES string of the molecule is CC1(C)c2ccccc2-c2ccc(-c3cc(-c4ccc(-c5ccc6ccc7cccc8ccc5c6c78)cc4)nc(-c4cccc(-c5cccnc5)c4)n3)cc21. The Balaban J connectivity index is 1.04. The van der Waals surface area contributed by atoms with Crippen molar-refractivity contribution in [1.82, 2.24) is 15.0 Å². The Bertz CT molecular complexity index is 3090. The summed E-state index contributed by atoms with van der Waals surface area (Å²) >= 11 is 0. The molecule has 1 aliphatic rings. The molecular formula is C52H35N3. The second-order valence-electron chi connectivity index (χ2n) is 15.3. The second-order valence-corrected chi connectivity index (χ2v) is 15.3. The summed E-state index contributed by atoms with van der Waals surface area (Å²) in [7, 11) is 0. The second kappa shape index (κ2) is 12.0. The van der Waals surface area contributed by atoms with Gasteiger partial charge >= 0.3 is 0 Å². The molecule has 0 radical (unpaired) electrons. The van der Waals surface area contributed by atoms with Crippen molar-refractivity contribution in [3.63, 3.8) is 0 Å². The minimum atomic E-state index is -0.111. The molecule has 0 bridgehead atoms. The number of hydrogen-bond acceptors (Lipinski definition) is 3. The lowest BCUT2D eigenvalue weighted by atomic mass is 9.82. The van der Waals surface area contributed by atoms with E-state index >= 15 is 0 Å². The summed E-state index contributed by atoms with van der Waals surface area (Å²) in [4.78, 5) is 14.9. The molecule has 3 heteroatoms. The van der Waals surface area contributed by atoms with Gasteiger partial charge in [0.2, 0.25) is 0 Å². The molecule has 0 N–H and O–H groups in total. The van der Waals surface area contributed by atoms with Crippen LogP contribution in [0.3, 0.4) is 0 Å². The Morgan fingerprint density at radius 2 is 1.04 bits per heavy atom. The van der Waals surface area contributed by atoms with Crippen LogP contribution >= 0.6 is 0 Å². The number of pyridine rings is 1. The van der Waals surface area contributed by atoms with Crippen LogP contribution in [0.2, 0.25) is 0 Å². The maximum atomic E-state index is 5.27. The quantitative estimate of drug-likeness (QED) is 0.168. The molecule has 2 aromatic heterocycles. The molecule has 258 valence electrons. The van der Waals surface area contributed by atoms with Crippen molar-refractivity contribution < 1.29 is 0 Å². The van der Waals surface area contributed by atoms with E-state index in [9.17, 15) is 0 Å². The number of nitrogens with zero attached hydrogens (tertiary/aromatic N) is 3. The zero-order chi connectivity index (χ0) is 36.7. The largest absolute Gasteiger partial charge is 0.264 e. The molecule has 2 heterocycles. The van der Waals surface area contributed by atoms with Gasteiger partial charge in [-0.2, -0.15) is 0 Å².